The second-order valence-electron chi connectivity index (χ2n) is 8.35. The van der Waals surface area contributed by atoms with Crippen molar-refractivity contribution < 1.29 is 4.79 Å². The number of anilines is 1. The molecule has 6 nitrogen and oxygen atoms in total. The first-order valence-corrected chi connectivity index (χ1v) is 11.2. The molecule has 1 aliphatic carbocycles. The Balaban J connectivity index is 1.37. The molecule has 156 valence electrons. The molecule has 3 heterocycles. The number of H-pyrrole nitrogens is 1. The van der Waals surface area contributed by atoms with Crippen molar-refractivity contribution >= 4 is 34.2 Å². The molecule has 2 aromatic heterocycles. The summed E-state index contributed by atoms with van der Waals surface area (Å²) in [5.74, 6) is 0.601. The van der Waals surface area contributed by atoms with Crippen molar-refractivity contribution in [3.05, 3.63) is 52.9 Å². The van der Waals surface area contributed by atoms with Gasteiger partial charge in [0.25, 0.3) is 0 Å². The molecule has 2 fully saturated rings. The molecule has 2 N–H and O–H groups in total. The van der Waals surface area contributed by atoms with Crippen LogP contribution < -0.4 is 5.32 Å². The van der Waals surface area contributed by atoms with E-state index in [2.05, 4.69) is 25.2 Å². The number of benzene rings is 1. The predicted molar refractivity (Wildman–Crippen MR) is 119 cm³/mol. The zero-order valence-electron chi connectivity index (χ0n) is 16.9. The average molecular weight is 424 g/mol. The van der Waals surface area contributed by atoms with Gasteiger partial charge in [-0.05, 0) is 63.7 Å². The van der Waals surface area contributed by atoms with E-state index in [0.717, 1.165) is 30.1 Å². The minimum Gasteiger partial charge on any atom is -0.367 e. The SMILES string of the molecule is O=C(c1ccccc1Cl)c1c[nH]c2ncnc(N[C@H]3CC[C@@H](N4CCCC4)CC3)c12. The number of hydrogen-bond donors (Lipinski definition) is 2. The summed E-state index contributed by atoms with van der Waals surface area (Å²) in [7, 11) is 0. The van der Waals surface area contributed by atoms with Crippen LogP contribution in [-0.4, -0.2) is 50.8 Å². The first-order valence-electron chi connectivity index (χ1n) is 10.8. The second kappa shape index (κ2) is 8.36. The van der Waals surface area contributed by atoms with Gasteiger partial charge in [-0.15, -0.1) is 0 Å². The van der Waals surface area contributed by atoms with E-state index < -0.39 is 0 Å². The Bertz CT molecular complexity index is 1050. The number of carbonyl (C=O) groups is 1. The number of likely N-dealkylation sites (tertiary alicyclic amines) is 1. The highest BCUT2D eigenvalue weighted by Gasteiger charge is 2.28. The first-order chi connectivity index (χ1) is 14.7. The van der Waals surface area contributed by atoms with E-state index in [4.69, 9.17) is 11.6 Å². The Kier molecular flexibility index (Phi) is 5.44. The van der Waals surface area contributed by atoms with Crippen LogP contribution in [0.5, 0.6) is 0 Å². The van der Waals surface area contributed by atoms with Crippen LogP contribution in [0.1, 0.15) is 54.4 Å². The van der Waals surface area contributed by atoms with Gasteiger partial charge >= 0.3 is 0 Å². The monoisotopic (exact) mass is 423 g/mol. The third-order valence-corrected chi connectivity index (χ3v) is 6.86. The van der Waals surface area contributed by atoms with E-state index >= 15 is 0 Å². The highest BCUT2D eigenvalue weighted by molar-refractivity contribution is 6.35. The van der Waals surface area contributed by atoms with Crippen molar-refractivity contribution in [3.8, 4) is 0 Å². The van der Waals surface area contributed by atoms with Crippen molar-refractivity contribution in [3.63, 3.8) is 0 Å². The second-order valence-corrected chi connectivity index (χ2v) is 8.76. The molecule has 3 aromatic rings. The molecule has 0 unspecified atom stereocenters. The molecule has 0 bridgehead atoms. The Morgan fingerprint density at radius 1 is 1.07 bits per heavy atom. The molecule has 0 atom stereocenters. The number of nitrogens with zero attached hydrogens (tertiary/aromatic N) is 3. The molecule has 2 aliphatic rings. The summed E-state index contributed by atoms with van der Waals surface area (Å²) in [5.41, 5.74) is 1.70. The third kappa shape index (κ3) is 3.70. The first kappa shape index (κ1) is 19.5. The van der Waals surface area contributed by atoms with Gasteiger partial charge in [0, 0.05) is 23.8 Å². The van der Waals surface area contributed by atoms with E-state index in [-0.39, 0.29) is 5.78 Å². The maximum Gasteiger partial charge on any atom is 0.196 e. The van der Waals surface area contributed by atoms with E-state index in [9.17, 15) is 4.79 Å². The fourth-order valence-electron chi connectivity index (χ4n) is 4.93. The number of nitrogens with one attached hydrogen (secondary N) is 2. The summed E-state index contributed by atoms with van der Waals surface area (Å²) >= 11 is 6.27. The van der Waals surface area contributed by atoms with Crippen molar-refractivity contribution in [2.75, 3.05) is 18.4 Å². The number of halogens is 1. The largest absolute Gasteiger partial charge is 0.367 e. The summed E-state index contributed by atoms with van der Waals surface area (Å²) in [6.07, 6.45) is 10.6. The van der Waals surface area contributed by atoms with Gasteiger partial charge in [-0.2, -0.15) is 0 Å². The summed E-state index contributed by atoms with van der Waals surface area (Å²) in [4.78, 5) is 27.8. The van der Waals surface area contributed by atoms with Crippen LogP contribution in [0.25, 0.3) is 11.0 Å². The number of aromatic nitrogens is 3. The Morgan fingerprint density at radius 3 is 2.60 bits per heavy atom. The molecular formula is C23H26ClN5O. The smallest absolute Gasteiger partial charge is 0.196 e. The van der Waals surface area contributed by atoms with Gasteiger partial charge < -0.3 is 15.2 Å². The molecule has 1 saturated carbocycles. The average Bonchev–Trinajstić information content (AvgIpc) is 3.45. The highest BCUT2D eigenvalue weighted by atomic mass is 35.5. The number of rotatable bonds is 5. The van der Waals surface area contributed by atoms with Gasteiger partial charge in [-0.1, -0.05) is 23.7 Å². The van der Waals surface area contributed by atoms with Crippen LogP contribution >= 0.6 is 11.6 Å². The van der Waals surface area contributed by atoms with Gasteiger partial charge in [0.1, 0.15) is 17.8 Å². The molecule has 1 aromatic carbocycles. The molecule has 30 heavy (non-hydrogen) atoms. The lowest BCUT2D eigenvalue weighted by Gasteiger charge is -2.35. The number of fused-ring (bicyclic) bond motifs is 1. The van der Waals surface area contributed by atoms with Crippen molar-refractivity contribution in [1.82, 2.24) is 19.9 Å². The van der Waals surface area contributed by atoms with E-state index in [1.165, 1.54) is 38.8 Å². The molecule has 1 saturated heterocycles. The molecule has 0 amide bonds. The molecular weight excluding hydrogens is 398 g/mol. The lowest BCUT2D eigenvalue weighted by molar-refractivity contribution is 0.104. The van der Waals surface area contributed by atoms with E-state index in [1.807, 2.05) is 12.1 Å². The predicted octanol–water partition coefficient (Wildman–Crippen LogP) is 4.66. The molecule has 0 spiro atoms. The zero-order valence-corrected chi connectivity index (χ0v) is 17.7. The van der Waals surface area contributed by atoms with Crippen LogP contribution in [0.3, 0.4) is 0 Å². The fraction of sp³-hybridized carbons (Fsp3) is 0.435. The van der Waals surface area contributed by atoms with E-state index in [1.54, 1.807) is 24.7 Å². The van der Waals surface area contributed by atoms with Gasteiger partial charge in [-0.25, -0.2) is 9.97 Å². The number of carbonyl (C=O) groups excluding carboxylic acids is 1. The highest BCUT2D eigenvalue weighted by Crippen LogP contribution is 2.31. The lowest BCUT2D eigenvalue weighted by Crippen LogP contribution is -2.39. The Labute approximate surface area is 181 Å². The number of hydrogen-bond acceptors (Lipinski definition) is 5. The van der Waals surface area contributed by atoms with Crippen LogP contribution in [-0.2, 0) is 0 Å². The Hall–Kier alpha value is -2.44. The molecule has 7 heteroatoms. The summed E-state index contributed by atoms with van der Waals surface area (Å²) in [5, 5.41) is 4.80. The minimum atomic E-state index is -0.123. The van der Waals surface area contributed by atoms with Crippen LogP contribution in [0.2, 0.25) is 5.02 Å². The lowest BCUT2D eigenvalue weighted by atomic mass is 9.90. The van der Waals surface area contributed by atoms with Crippen LogP contribution in [0.4, 0.5) is 5.82 Å². The van der Waals surface area contributed by atoms with E-state index in [0.29, 0.717) is 27.8 Å². The molecule has 1 aliphatic heterocycles. The quantitative estimate of drug-likeness (QED) is 0.584. The number of ketones is 1. The Morgan fingerprint density at radius 2 is 1.83 bits per heavy atom. The fourth-order valence-corrected chi connectivity index (χ4v) is 5.15. The summed E-state index contributed by atoms with van der Waals surface area (Å²) < 4.78 is 0. The van der Waals surface area contributed by atoms with Crippen LogP contribution in [0.15, 0.2) is 36.8 Å². The standard InChI is InChI=1S/C23H26ClN5O/c24-19-6-2-1-5-17(19)21(30)18-13-25-22-20(18)23(27-14-26-22)28-15-7-9-16(10-8-15)29-11-3-4-12-29/h1-2,5-6,13-16H,3-4,7-12H2,(H2,25,26,27,28)/t15-,16+. The zero-order chi connectivity index (χ0) is 20.5. The van der Waals surface area contributed by atoms with Crippen molar-refractivity contribution in [2.24, 2.45) is 0 Å². The normalized spacial score (nSPS) is 22.4. The topological polar surface area (TPSA) is 73.9 Å². The maximum atomic E-state index is 13.2. The number of aromatic amines is 1. The summed E-state index contributed by atoms with van der Waals surface area (Å²) in [6.45, 7) is 2.51. The van der Waals surface area contributed by atoms with Gasteiger partial charge in [0.2, 0.25) is 0 Å². The van der Waals surface area contributed by atoms with Gasteiger partial charge in [0.15, 0.2) is 5.78 Å². The van der Waals surface area contributed by atoms with Crippen molar-refractivity contribution in [1.29, 1.82) is 0 Å². The van der Waals surface area contributed by atoms with Crippen molar-refractivity contribution in [2.45, 2.75) is 50.6 Å². The molecule has 0 radical (unpaired) electrons. The minimum absolute atomic E-state index is 0.123. The maximum absolute atomic E-state index is 13.2. The van der Waals surface area contributed by atoms with Crippen LogP contribution in [0, 0.1) is 0 Å². The third-order valence-electron chi connectivity index (χ3n) is 6.53. The van der Waals surface area contributed by atoms with Gasteiger partial charge in [-0.3, -0.25) is 4.79 Å². The molecule has 5 rings (SSSR count). The summed E-state index contributed by atoms with van der Waals surface area (Å²) in [6, 6.07) is 8.21. The van der Waals surface area contributed by atoms with Gasteiger partial charge in [0.05, 0.1) is 16.0 Å².